The molecule has 3 rings (SSSR count). The van der Waals surface area contributed by atoms with Gasteiger partial charge in [-0.2, -0.15) is 4.98 Å². The van der Waals surface area contributed by atoms with Crippen LogP contribution in [0.3, 0.4) is 0 Å². The van der Waals surface area contributed by atoms with Crippen LogP contribution in [0.5, 0.6) is 0 Å². The van der Waals surface area contributed by atoms with Crippen molar-refractivity contribution in [2.75, 3.05) is 7.05 Å². The first-order valence-electron chi connectivity index (χ1n) is 8.58. The summed E-state index contributed by atoms with van der Waals surface area (Å²) in [5, 5.41) is 10.8. The third-order valence-electron chi connectivity index (χ3n) is 4.23. The predicted molar refractivity (Wildman–Crippen MR) is 94.6 cm³/mol. The molecule has 24 heavy (non-hydrogen) atoms. The molecule has 0 radical (unpaired) electrons. The lowest BCUT2D eigenvalue weighted by Gasteiger charge is -2.11. The van der Waals surface area contributed by atoms with Gasteiger partial charge in [0, 0.05) is 31.6 Å². The molecular formula is C18H25N5O. The van der Waals surface area contributed by atoms with Crippen LogP contribution in [-0.2, 0) is 13.0 Å². The van der Waals surface area contributed by atoms with Crippen LogP contribution in [0.1, 0.15) is 38.1 Å². The number of nitrogens with one attached hydrogen (secondary N) is 2. The summed E-state index contributed by atoms with van der Waals surface area (Å²) in [6, 6.07) is 8.70. The minimum Gasteiger partial charge on any atom is -0.353 e. The number of aliphatic imine (C=N–C) groups is 1. The minimum absolute atomic E-state index is 0.554. The van der Waals surface area contributed by atoms with Gasteiger partial charge in [-0.1, -0.05) is 31.1 Å². The van der Waals surface area contributed by atoms with Crippen LogP contribution in [0.15, 0.2) is 33.8 Å². The molecule has 6 nitrogen and oxygen atoms in total. The average molecular weight is 327 g/mol. The maximum atomic E-state index is 5.36. The molecule has 0 spiro atoms. The van der Waals surface area contributed by atoms with Crippen molar-refractivity contribution in [1.82, 2.24) is 20.8 Å². The molecule has 2 atom stereocenters. The molecule has 1 heterocycles. The SMILES string of the molecule is CCCc1noc(-c2cccc(CNC(=NC)NC3CC3C)c2)n1. The van der Waals surface area contributed by atoms with E-state index in [9.17, 15) is 0 Å². The molecular weight excluding hydrogens is 302 g/mol. The highest BCUT2D eigenvalue weighted by atomic mass is 16.5. The van der Waals surface area contributed by atoms with Crippen molar-refractivity contribution >= 4 is 5.96 Å². The molecule has 0 saturated heterocycles. The van der Waals surface area contributed by atoms with Crippen molar-refractivity contribution in [2.24, 2.45) is 10.9 Å². The number of benzene rings is 1. The monoisotopic (exact) mass is 327 g/mol. The zero-order chi connectivity index (χ0) is 16.9. The van der Waals surface area contributed by atoms with Crippen molar-refractivity contribution in [1.29, 1.82) is 0 Å². The van der Waals surface area contributed by atoms with Gasteiger partial charge in [0.15, 0.2) is 11.8 Å². The Morgan fingerprint density at radius 3 is 2.96 bits per heavy atom. The molecule has 0 aliphatic heterocycles. The Morgan fingerprint density at radius 1 is 1.42 bits per heavy atom. The summed E-state index contributed by atoms with van der Waals surface area (Å²) >= 11 is 0. The van der Waals surface area contributed by atoms with Crippen molar-refractivity contribution in [3.63, 3.8) is 0 Å². The summed E-state index contributed by atoms with van der Waals surface area (Å²) < 4.78 is 5.36. The van der Waals surface area contributed by atoms with Gasteiger partial charge >= 0.3 is 0 Å². The summed E-state index contributed by atoms with van der Waals surface area (Å²) in [5.41, 5.74) is 2.09. The van der Waals surface area contributed by atoms with Crippen molar-refractivity contribution in [2.45, 2.75) is 45.7 Å². The van der Waals surface area contributed by atoms with E-state index in [2.05, 4.69) is 51.7 Å². The highest BCUT2D eigenvalue weighted by Crippen LogP contribution is 2.28. The lowest BCUT2D eigenvalue weighted by Crippen LogP contribution is -2.38. The van der Waals surface area contributed by atoms with Crippen molar-refractivity contribution in [3.05, 3.63) is 35.7 Å². The summed E-state index contributed by atoms with van der Waals surface area (Å²) in [5.74, 6) is 2.92. The van der Waals surface area contributed by atoms with Crippen LogP contribution in [0, 0.1) is 5.92 Å². The van der Waals surface area contributed by atoms with Gasteiger partial charge in [0.25, 0.3) is 5.89 Å². The normalized spacial score (nSPS) is 20.0. The summed E-state index contributed by atoms with van der Waals surface area (Å²) in [7, 11) is 1.80. The second-order valence-electron chi connectivity index (χ2n) is 6.36. The van der Waals surface area contributed by atoms with Crippen molar-refractivity contribution < 1.29 is 4.52 Å². The van der Waals surface area contributed by atoms with Gasteiger partial charge in [-0.15, -0.1) is 0 Å². The van der Waals surface area contributed by atoms with Gasteiger partial charge in [0.1, 0.15) is 0 Å². The van der Waals surface area contributed by atoms with E-state index >= 15 is 0 Å². The summed E-state index contributed by atoms with van der Waals surface area (Å²) in [6.07, 6.45) is 3.06. The summed E-state index contributed by atoms with van der Waals surface area (Å²) in [4.78, 5) is 8.72. The molecule has 2 N–H and O–H groups in total. The van der Waals surface area contributed by atoms with E-state index in [1.54, 1.807) is 7.05 Å². The second kappa shape index (κ2) is 7.47. The molecule has 1 aliphatic carbocycles. The Labute approximate surface area is 142 Å². The van der Waals surface area contributed by atoms with E-state index in [0.717, 1.165) is 41.7 Å². The second-order valence-corrected chi connectivity index (χ2v) is 6.36. The van der Waals surface area contributed by atoms with Gasteiger partial charge in [-0.25, -0.2) is 0 Å². The van der Waals surface area contributed by atoms with E-state index < -0.39 is 0 Å². The molecule has 1 aromatic heterocycles. The molecule has 1 aliphatic rings. The Morgan fingerprint density at radius 2 is 2.25 bits per heavy atom. The zero-order valence-electron chi connectivity index (χ0n) is 14.5. The third kappa shape index (κ3) is 4.13. The molecule has 2 unspecified atom stereocenters. The number of guanidine groups is 1. The van der Waals surface area contributed by atoms with Gasteiger partial charge in [0.2, 0.25) is 0 Å². The highest BCUT2D eigenvalue weighted by molar-refractivity contribution is 5.80. The predicted octanol–water partition coefficient (Wildman–Crippen LogP) is 2.76. The van der Waals surface area contributed by atoms with E-state index in [1.165, 1.54) is 6.42 Å². The molecule has 1 aromatic carbocycles. The fraction of sp³-hybridized carbons (Fsp3) is 0.500. The standard InChI is InChI=1S/C18H25N5O/c1-4-6-16-22-17(24-23-16)14-8-5-7-13(10-14)11-20-18(19-3)21-15-9-12(15)2/h5,7-8,10,12,15H,4,6,9,11H2,1-3H3,(H2,19,20,21). The van der Waals surface area contributed by atoms with Crippen LogP contribution in [0.25, 0.3) is 11.5 Å². The van der Waals surface area contributed by atoms with Crippen LogP contribution in [-0.4, -0.2) is 29.2 Å². The number of hydrogen-bond donors (Lipinski definition) is 2. The lowest BCUT2D eigenvalue weighted by atomic mass is 10.1. The Balaban J connectivity index is 1.62. The van der Waals surface area contributed by atoms with E-state index in [4.69, 9.17) is 4.52 Å². The van der Waals surface area contributed by atoms with Gasteiger partial charge in [-0.3, -0.25) is 4.99 Å². The fourth-order valence-electron chi connectivity index (χ4n) is 2.59. The van der Waals surface area contributed by atoms with Crippen LogP contribution < -0.4 is 10.6 Å². The molecule has 1 saturated carbocycles. The van der Waals surface area contributed by atoms with Crippen LogP contribution in [0.4, 0.5) is 0 Å². The quantitative estimate of drug-likeness (QED) is 0.630. The molecule has 0 amide bonds. The largest absolute Gasteiger partial charge is 0.353 e. The molecule has 1 fully saturated rings. The number of nitrogens with zero attached hydrogens (tertiary/aromatic N) is 3. The molecule has 2 aromatic rings. The first-order chi connectivity index (χ1) is 11.7. The Hall–Kier alpha value is -2.37. The molecule has 6 heteroatoms. The van der Waals surface area contributed by atoms with Crippen LogP contribution >= 0.6 is 0 Å². The van der Waals surface area contributed by atoms with E-state index in [0.29, 0.717) is 18.5 Å². The fourth-order valence-corrected chi connectivity index (χ4v) is 2.59. The lowest BCUT2D eigenvalue weighted by molar-refractivity contribution is 0.422. The number of rotatable bonds is 6. The van der Waals surface area contributed by atoms with E-state index in [1.807, 2.05) is 12.1 Å². The number of aromatic nitrogens is 2. The van der Waals surface area contributed by atoms with E-state index in [-0.39, 0.29) is 0 Å². The zero-order valence-corrected chi connectivity index (χ0v) is 14.5. The van der Waals surface area contributed by atoms with Crippen molar-refractivity contribution in [3.8, 4) is 11.5 Å². The van der Waals surface area contributed by atoms with Gasteiger partial charge < -0.3 is 15.2 Å². The topological polar surface area (TPSA) is 75.3 Å². The molecule has 128 valence electrons. The first-order valence-corrected chi connectivity index (χ1v) is 8.58. The van der Waals surface area contributed by atoms with Gasteiger partial charge in [0.05, 0.1) is 0 Å². The summed E-state index contributed by atoms with van der Waals surface area (Å²) in [6.45, 7) is 5.04. The first kappa shape index (κ1) is 16.5. The number of aryl methyl sites for hydroxylation is 1. The maximum absolute atomic E-state index is 5.36. The third-order valence-corrected chi connectivity index (χ3v) is 4.23. The Bertz CT molecular complexity index is 709. The highest BCUT2D eigenvalue weighted by Gasteiger charge is 2.33. The van der Waals surface area contributed by atoms with Gasteiger partial charge in [-0.05, 0) is 36.5 Å². The molecule has 0 bridgehead atoms. The Kier molecular flexibility index (Phi) is 5.13. The number of hydrogen-bond acceptors (Lipinski definition) is 4. The minimum atomic E-state index is 0.554. The average Bonchev–Trinajstić information content (AvgIpc) is 3.09. The smallest absolute Gasteiger partial charge is 0.257 e. The maximum Gasteiger partial charge on any atom is 0.257 e. The van der Waals surface area contributed by atoms with Crippen LogP contribution in [0.2, 0.25) is 0 Å².